The molecule has 2 aromatic carbocycles. The minimum atomic E-state index is -3.71. The molecule has 7 heteroatoms. The molecule has 0 aromatic heterocycles. The number of benzene rings is 2. The fourth-order valence-electron chi connectivity index (χ4n) is 2.58. The van der Waals surface area contributed by atoms with Gasteiger partial charge in [0.15, 0.2) is 0 Å². The van der Waals surface area contributed by atoms with Gasteiger partial charge in [0.2, 0.25) is 10.0 Å². The van der Waals surface area contributed by atoms with Crippen LogP contribution < -0.4 is 0 Å². The lowest BCUT2D eigenvalue weighted by Gasteiger charge is -2.28. The van der Waals surface area contributed by atoms with E-state index < -0.39 is 15.8 Å². The fourth-order valence-corrected chi connectivity index (χ4v) is 6.45. The molecular formula is C15H12Br2FNO2S. The standard InChI is InChI=1S/C15H12Br2FNO2S/c16-13-7-12(18)8-14(17)15(13)22(20,21)19-6-5-10-3-1-2-4-11(10)9-19/h1-4,7-8H,5-6,9H2. The van der Waals surface area contributed by atoms with Gasteiger partial charge in [-0.05, 0) is 61.5 Å². The first-order valence-corrected chi connectivity index (χ1v) is 9.63. The van der Waals surface area contributed by atoms with Gasteiger partial charge >= 0.3 is 0 Å². The molecule has 1 aliphatic rings. The number of sulfonamides is 1. The summed E-state index contributed by atoms with van der Waals surface area (Å²) < 4.78 is 41.0. The zero-order valence-electron chi connectivity index (χ0n) is 11.4. The van der Waals surface area contributed by atoms with Crippen LogP contribution in [0.1, 0.15) is 11.1 Å². The number of nitrogens with zero attached hydrogens (tertiary/aromatic N) is 1. The second kappa shape index (κ2) is 6.03. The van der Waals surface area contributed by atoms with E-state index in [1.807, 2.05) is 24.3 Å². The maximum absolute atomic E-state index is 13.4. The molecule has 3 nitrogen and oxygen atoms in total. The van der Waals surface area contributed by atoms with E-state index >= 15 is 0 Å². The van der Waals surface area contributed by atoms with Crippen molar-refractivity contribution in [3.05, 3.63) is 62.3 Å². The Balaban J connectivity index is 2.02. The van der Waals surface area contributed by atoms with E-state index in [1.54, 1.807) is 0 Å². The van der Waals surface area contributed by atoms with Crippen LogP contribution in [0, 0.1) is 5.82 Å². The van der Waals surface area contributed by atoms with Gasteiger partial charge in [0.05, 0.1) is 0 Å². The van der Waals surface area contributed by atoms with E-state index in [0.29, 0.717) is 19.5 Å². The van der Waals surface area contributed by atoms with Gasteiger partial charge in [0.1, 0.15) is 10.7 Å². The molecule has 0 fully saturated rings. The topological polar surface area (TPSA) is 37.4 Å². The van der Waals surface area contributed by atoms with Crippen molar-refractivity contribution in [1.82, 2.24) is 4.31 Å². The van der Waals surface area contributed by atoms with Crippen LogP contribution in [0.4, 0.5) is 4.39 Å². The molecule has 0 saturated heterocycles. The van der Waals surface area contributed by atoms with Gasteiger partial charge in [-0.15, -0.1) is 0 Å². The summed E-state index contributed by atoms with van der Waals surface area (Å²) in [5.74, 6) is -0.498. The molecule has 3 rings (SSSR count). The predicted octanol–water partition coefficient (Wildman–Crippen LogP) is 4.10. The Kier molecular flexibility index (Phi) is 4.42. The highest BCUT2D eigenvalue weighted by atomic mass is 79.9. The number of hydrogen-bond donors (Lipinski definition) is 0. The Labute approximate surface area is 145 Å². The average molecular weight is 449 g/mol. The van der Waals surface area contributed by atoms with E-state index in [1.165, 1.54) is 9.87 Å². The lowest BCUT2D eigenvalue weighted by Crippen LogP contribution is -2.36. The number of hydrogen-bond acceptors (Lipinski definition) is 2. The molecule has 0 N–H and O–H groups in total. The molecule has 0 spiro atoms. The average Bonchev–Trinajstić information content (AvgIpc) is 2.45. The third-order valence-electron chi connectivity index (χ3n) is 3.66. The van der Waals surface area contributed by atoms with Crippen LogP contribution in [0.15, 0.2) is 50.2 Å². The first-order valence-electron chi connectivity index (χ1n) is 6.61. The van der Waals surface area contributed by atoms with Crippen LogP contribution in [0.2, 0.25) is 0 Å². The molecular weight excluding hydrogens is 437 g/mol. The third-order valence-corrected chi connectivity index (χ3v) is 7.38. The molecule has 0 saturated carbocycles. The Hall–Kier alpha value is -0.760. The first kappa shape index (κ1) is 16.1. The quantitative estimate of drug-likeness (QED) is 0.693. The van der Waals surface area contributed by atoms with Gasteiger partial charge in [-0.1, -0.05) is 24.3 Å². The number of halogens is 3. The molecule has 1 heterocycles. The second-order valence-electron chi connectivity index (χ2n) is 5.06. The molecule has 0 bridgehead atoms. The van der Waals surface area contributed by atoms with E-state index in [2.05, 4.69) is 31.9 Å². The Morgan fingerprint density at radius 1 is 1.05 bits per heavy atom. The van der Waals surface area contributed by atoms with Gasteiger partial charge in [-0.25, -0.2) is 12.8 Å². The van der Waals surface area contributed by atoms with Crippen LogP contribution in [0.3, 0.4) is 0 Å². The molecule has 2 aromatic rings. The normalized spacial score (nSPS) is 15.6. The first-order chi connectivity index (χ1) is 10.4. The summed E-state index contributed by atoms with van der Waals surface area (Å²) >= 11 is 6.31. The monoisotopic (exact) mass is 447 g/mol. The summed E-state index contributed by atoms with van der Waals surface area (Å²) in [6.07, 6.45) is 0.672. The highest BCUT2D eigenvalue weighted by Crippen LogP contribution is 2.35. The SMILES string of the molecule is O=S(=O)(c1c(Br)cc(F)cc1Br)N1CCc2ccccc2C1. The van der Waals surface area contributed by atoms with Crippen molar-refractivity contribution in [3.63, 3.8) is 0 Å². The van der Waals surface area contributed by atoms with Crippen LogP contribution in [0.25, 0.3) is 0 Å². The minimum absolute atomic E-state index is 0.0632. The molecule has 116 valence electrons. The molecule has 1 aliphatic heterocycles. The van der Waals surface area contributed by atoms with Gasteiger partial charge in [0.25, 0.3) is 0 Å². The van der Waals surface area contributed by atoms with Gasteiger partial charge in [-0.3, -0.25) is 0 Å². The number of fused-ring (bicyclic) bond motifs is 1. The Bertz CT molecular complexity index is 816. The fraction of sp³-hybridized carbons (Fsp3) is 0.200. The van der Waals surface area contributed by atoms with E-state index in [-0.39, 0.29) is 13.8 Å². The lowest BCUT2D eigenvalue weighted by molar-refractivity contribution is 0.391. The van der Waals surface area contributed by atoms with E-state index in [0.717, 1.165) is 17.7 Å². The van der Waals surface area contributed by atoms with E-state index in [4.69, 9.17) is 0 Å². The van der Waals surface area contributed by atoms with Crippen LogP contribution in [0.5, 0.6) is 0 Å². The maximum Gasteiger partial charge on any atom is 0.245 e. The van der Waals surface area contributed by atoms with Gasteiger partial charge in [0, 0.05) is 22.0 Å². The van der Waals surface area contributed by atoms with Gasteiger partial charge < -0.3 is 0 Å². The van der Waals surface area contributed by atoms with E-state index in [9.17, 15) is 12.8 Å². The highest BCUT2D eigenvalue weighted by Gasteiger charge is 2.31. The van der Waals surface area contributed by atoms with Crippen molar-refractivity contribution >= 4 is 41.9 Å². The van der Waals surface area contributed by atoms with Gasteiger partial charge in [-0.2, -0.15) is 4.31 Å². The Morgan fingerprint density at radius 2 is 1.64 bits per heavy atom. The predicted molar refractivity (Wildman–Crippen MR) is 89.5 cm³/mol. The van der Waals surface area contributed by atoms with Crippen molar-refractivity contribution in [1.29, 1.82) is 0 Å². The second-order valence-corrected chi connectivity index (χ2v) is 8.64. The zero-order chi connectivity index (χ0) is 15.9. The summed E-state index contributed by atoms with van der Waals surface area (Å²) in [6.45, 7) is 0.740. The lowest BCUT2D eigenvalue weighted by atomic mass is 10.0. The third kappa shape index (κ3) is 2.87. The van der Waals surface area contributed by atoms with Crippen LogP contribution in [-0.2, 0) is 23.0 Å². The highest BCUT2D eigenvalue weighted by molar-refractivity contribution is 9.11. The summed E-state index contributed by atoms with van der Waals surface area (Å²) in [5, 5.41) is 0. The molecule has 0 unspecified atom stereocenters. The van der Waals surface area contributed by atoms with Crippen LogP contribution >= 0.6 is 31.9 Å². The van der Waals surface area contributed by atoms with Crippen LogP contribution in [-0.4, -0.2) is 19.3 Å². The van der Waals surface area contributed by atoms with Crippen molar-refractivity contribution < 1.29 is 12.8 Å². The van der Waals surface area contributed by atoms with Crippen molar-refractivity contribution in [2.45, 2.75) is 17.9 Å². The summed E-state index contributed by atoms with van der Waals surface area (Å²) in [6, 6.07) is 10.1. The number of rotatable bonds is 2. The van der Waals surface area contributed by atoms with Crippen molar-refractivity contribution in [2.75, 3.05) is 6.54 Å². The molecule has 0 aliphatic carbocycles. The molecule has 0 radical (unpaired) electrons. The minimum Gasteiger partial charge on any atom is -0.207 e. The summed E-state index contributed by atoms with van der Waals surface area (Å²) in [7, 11) is -3.71. The summed E-state index contributed by atoms with van der Waals surface area (Å²) in [4.78, 5) is 0.0632. The smallest absolute Gasteiger partial charge is 0.207 e. The zero-order valence-corrected chi connectivity index (χ0v) is 15.4. The largest absolute Gasteiger partial charge is 0.245 e. The molecule has 0 atom stereocenters. The summed E-state index contributed by atoms with van der Waals surface area (Å²) in [5.41, 5.74) is 2.18. The molecule has 0 amide bonds. The molecule has 22 heavy (non-hydrogen) atoms. The van der Waals surface area contributed by atoms with Crippen molar-refractivity contribution in [3.8, 4) is 0 Å². The maximum atomic E-state index is 13.4. The Morgan fingerprint density at radius 3 is 2.27 bits per heavy atom. The van der Waals surface area contributed by atoms with Crippen molar-refractivity contribution in [2.24, 2.45) is 0 Å².